The average Bonchev–Trinajstić information content (AvgIpc) is 2.65. The van der Waals surface area contributed by atoms with Crippen LogP contribution in [0.15, 0.2) is 54.1 Å². The quantitative estimate of drug-likeness (QED) is 0.556. The lowest BCUT2D eigenvalue weighted by Gasteiger charge is -2.09. The van der Waals surface area contributed by atoms with Gasteiger partial charge in [0.25, 0.3) is 5.91 Å². The SMILES string of the molecule is CCCOc1ccccc1/C=C(\C#N)C(=O)Nc1ccc(C(C)C)cc1. The van der Waals surface area contributed by atoms with Gasteiger partial charge in [-0.15, -0.1) is 0 Å². The molecule has 0 aliphatic rings. The van der Waals surface area contributed by atoms with Gasteiger partial charge in [0, 0.05) is 11.3 Å². The van der Waals surface area contributed by atoms with Gasteiger partial charge in [0.15, 0.2) is 0 Å². The Morgan fingerprint density at radius 1 is 1.19 bits per heavy atom. The number of amides is 1. The molecular weight excluding hydrogens is 324 g/mol. The zero-order valence-electron chi connectivity index (χ0n) is 15.5. The zero-order chi connectivity index (χ0) is 18.9. The second-order valence-corrected chi connectivity index (χ2v) is 6.29. The van der Waals surface area contributed by atoms with Gasteiger partial charge in [-0.2, -0.15) is 5.26 Å². The molecule has 2 aromatic carbocycles. The van der Waals surface area contributed by atoms with Crippen LogP contribution in [0.4, 0.5) is 5.69 Å². The van der Waals surface area contributed by atoms with E-state index in [0.29, 0.717) is 29.5 Å². The minimum absolute atomic E-state index is 0.0329. The summed E-state index contributed by atoms with van der Waals surface area (Å²) in [5.41, 5.74) is 2.60. The molecule has 0 atom stereocenters. The molecule has 0 fully saturated rings. The molecule has 4 heteroatoms. The van der Waals surface area contributed by atoms with Crippen LogP contribution in [0.3, 0.4) is 0 Å². The number of nitrogens with one attached hydrogen (secondary N) is 1. The van der Waals surface area contributed by atoms with Crippen LogP contribution in [0.5, 0.6) is 5.75 Å². The first-order valence-corrected chi connectivity index (χ1v) is 8.80. The zero-order valence-corrected chi connectivity index (χ0v) is 15.5. The van der Waals surface area contributed by atoms with Crippen LogP contribution in [-0.2, 0) is 4.79 Å². The highest BCUT2D eigenvalue weighted by atomic mass is 16.5. The molecule has 0 radical (unpaired) electrons. The van der Waals surface area contributed by atoms with Crippen molar-refractivity contribution in [2.75, 3.05) is 11.9 Å². The van der Waals surface area contributed by atoms with Crippen molar-refractivity contribution in [2.45, 2.75) is 33.1 Å². The van der Waals surface area contributed by atoms with Gasteiger partial charge in [0.2, 0.25) is 0 Å². The Kier molecular flexibility index (Phi) is 6.99. The molecule has 134 valence electrons. The fourth-order valence-corrected chi connectivity index (χ4v) is 2.40. The summed E-state index contributed by atoms with van der Waals surface area (Å²) in [6.07, 6.45) is 2.44. The molecule has 4 nitrogen and oxygen atoms in total. The minimum atomic E-state index is -0.435. The topological polar surface area (TPSA) is 62.1 Å². The molecule has 2 rings (SSSR count). The van der Waals surface area contributed by atoms with E-state index in [1.807, 2.05) is 61.5 Å². The number of carbonyl (C=O) groups is 1. The van der Waals surface area contributed by atoms with Crippen molar-refractivity contribution in [3.05, 3.63) is 65.2 Å². The van der Waals surface area contributed by atoms with Crippen molar-refractivity contribution < 1.29 is 9.53 Å². The van der Waals surface area contributed by atoms with E-state index < -0.39 is 5.91 Å². The summed E-state index contributed by atoms with van der Waals surface area (Å²) in [6, 6.07) is 17.0. The summed E-state index contributed by atoms with van der Waals surface area (Å²) in [6.45, 7) is 6.84. The van der Waals surface area contributed by atoms with Crippen molar-refractivity contribution >= 4 is 17.7 Å². The molecule has 0 saturated heterocycles. The predicted octanol–water partition coefficient (Wildman–Crippen LogP) is 5.14. The Labute approximate surface area is 155 Å². The van der Waals surface area contributed by atoms with E-state index in [0.717, 1.165) is 6.42 Å². The molecule has 0 saturated carbocycles. The third-order valence-corrected chi connectivity index (χ3v) is 3.88. The van der Waals surface area contributed by atoms with Crippen LogP contribution < -0.4 is 10.1 Å². The van der Waals surface area contributed by atoms with E-state index >= 15 is 0 Å². The van der Waals surface area contributed by atoms with Gasteiger partial charge in [-0.3, -0.25) is 4.79 Å². The second-order valence-electron chi connectivity index (χ2n) is 6.29. The average molecular weight is 348 g/mol. The molecule has 0 aliphatic heterocycles. The van der Waals surface area contributed by atoms with Gasteiger partial charge >= 0.3 is 0 Å². The number of nitriles is 1. The fraction of sp³-hybridized carbons (Fsp3) is 0.273. The Hall–Kier alpha value is -3.06. The van der Waals surface area contributed by atoms with Gasteiger partial charge in [-0.05, 0) is 42.2 Å². The molecule has 0 heterocycles. The third kappa shape index (κ3) is 5.22. The van der Waals surface area contributed by atoms with Crippen molar-refractivity contribution in [2.24, 2.45) is 0 Å². The van der Waals surface area contributed by atoms with Crippen molar-refractivity contribution in [1.82, 2.24) is 0 Å². The van der Waals surface area contributed by atoms with E-state index in [1.165, 1.54) is 5.56 Å². The number of hydrogen-bond acceptors (Lipinski definition) is 3. The molecule has 26 heavy (non-hydrogen) atoms. The van der Waals surface area contributed by atoms with Gasteiger partial charge in [0.1, 0.15) is 17.4 Å². The van der Waals surface area contributed by atoms with E-state index in [-0.39, 0.29) is 5.57 Å². The fourth-order valence-electron chi connectivity index (χ4n) is 2.40. The van der Waals surface area contributed by atoms with E-state index in [2.05, 4.69) is 19.2 Å². The monoisotopic (exact) mass is 348 g/mol. The number of carbonyl (C=O) groups excluding carboxylic acids is 1. The Morgan fingerprint density at radius 3 is 2.50 bits per heavy atom. The summed E-state index contributed by atoms with van der Waals surface area (Å²) in [5, 5.41) is 12.2. The lowest BCUT2D eigenvalue weighted by atomic mass is 10.0. The van der Waals surface area contributed by atoms with Crippen molar-refractivity contribution in [3.8, 4) is 11.8 Å². The maximum atomic E-state index is 12.4. The highest BCUT2D eigenvalue weighted by Gasteiger charge is 2.11. The van der Waals surface area contributed by atoms with Gasteiger partial charge < -0.3 is 10.1 Å². The molecule has 1 amide bonds. The standard InChI is InChI=1S/C22H24N2O2/c1-4-13-26-21-8-6-5-7-18(21)14-19(15-23)22(25)24-20-11-9-17(10-12-20)16(2)3/h5-12,14,16H,4,13H2,1-3H3,(H,24,25)/b19-14+. The van der Waals surface area contributed by atoms with Crippen molar-refractivity contribution in [1.29, 1.82) is 5.26 Å². The van der Waals surface area contributed by atoms with Crippen LogP contribution in [-0.4, -0.2) is 12.5 Å². The summed E-state index contributed by atoms with van der Waals surface area (Å²) in [5.74, 6) is 0.653. The molecule has 0 bridgehead atoms. The smallest absolute Gasteiger partial charge is 0.266 e. The first kappa shape index (κ1) is 19.3. The number of benzene rings is 2. The maximum absolute atomic E-state index is 12.4. The molecule has 1 N–H and O–H groups in total. The summed E-state index contributed by atoms with van der Waals surface area (Å²) in [4.78, 5) is 12.4. The van der Waals surface area contributed by atoms with E-state index in [9.17, 15) is 10.1 Å². The van der Waals surface area contributed by atoms with Crippen LogP contribution in [0.1, 0.15) is 44.2 Å². The number of anilines is 1. The maximum Gasteiger partial charge on any atom is 0.266 e. The predicted molar refractivity (Wildman–Crippen MR) is 105 cm³/mol. The first-order chi connectivity index (χ1) is 12.5. The van der Waals surface area contributed by atoms with E-state index in [1.54, 1.807) is 6.08 Å². The number of para-hydroxylation sites is 1. The number of ether oxygens (including phenoxy) is 1. The van der Waals surface area contributed by atoms with Gasteiger partial charge in [0.05, 0.1) is 6.61 Å². The highest BCUT2D eigenvalue weighted by molar-refractivity contribution is 6.09. The molecule has 0 spiro atoms. The summed E-state index contributed by atoms with van der Waals surface area (Å²) < 4.78 is 5.68. The van der Waals surface area contributed by atoms with Crippen LogP contribution in [0.2, 0.25) is 0 Å². The largest absolute Gasteiger partial charge is 0.493 e. The molecular formula is C22H24N2O2. The number of rotatable bonds is 7. The molecule has 0 aromatic heterocycles. The van der Waals surface area contributed by atoms with Gasteiger partial charge in [-0.1, -0.05) is 51.1 Å². The second kappa shape index (κ2) is 9.43. The lowest BCUT2D eigenvalue weighted by molar-refractivity contribution is -0.112. The highest BCUT2D eigenvalue weighted by Crippen LogP contribution is 2.22. The summed E-state index contributed by atoms with van der Waals surface area (Å²) >= 11 is 0. The number of nitrogens with zero attached hydrogens (tertiary/aromatic N) is 1. The molecule has 2 aromatic rings. The van der Waals surface area contributed by atoms with Gasteiger partial charge in [-0.25, -0.2) is 0 Å². The third-order valence-electron chi connectivity index (χ3n) is 3.88. The lowest BCUT2D eigenvalue weighted by Crippen LogP contribution is -2.13. The Bertz CT molecular complexity index is 815. The van der Waals surface area contributed by atoms with E-state index in [4.69, 9.17) is 4.74 Å². The summed E-state index contributed by atoms with van der Waals surface area (Å²) in [7, 11) is 0. The number of hydrogen-bond donors (Lipinski definition) is 1. The minimum Gasteiger partial charge on any atom is -0.493 e. The van der Waals surface area contributed by atoms with Crippen LogP contribution >= 0.6 is 0 Å². The molecule has 0 aliphatic carbocycles. The molecule has 0 unspecified atom stereocenters. The Morgan fingerprint density at radius 2 is 1.88 bits per heavy atom. The van der Waals surface area contributed by atoms with Crippen molar-refractivity contribution in [3.63, 3.8) is 0 Å². The van der Waals surface area contributed by atoms with Crippen LogP contribution in [0, 0.1) is 11.3 Å². The van der Waals surface area contributed by atoms with Crippen LogP contribution in [0.25, 0.3) is 6.08 Å². The normalized spacial score (nSPS) is 11.1. The Balaban J connectivity index is 2.18. The first-order valence-electron chi connectivity index (χ1n) is 8.80.